The Hall–Kier alpha value is 0.200. The van der Waals surface area contributed by atoms with E-state index in [0.29, 0.717) is 11.7 Å². The van der Waals surface area contributed by atoms with Gasteiger partial charge in [-0.05, 0) is 57.6 Å². The first-order valence-electron chi connectivity index (χ1n) is 5.11. The third kappa shape index (κ3) is 3.08. The van der Waals surface area contributed by atoms with Crippen LogP contribution < -0.4 is 0 Å². The zero-order valence-electron chi connectivity index (χ0n) is 8.37. The monoisotopic (exact) mass is 304 g/mol. The molecule has 2 rings (SSSR count). The molecule has 15 heavy (non-hydrogen) atoms. The first-order valence-corrected chi connectivity index (χ1v) is 7.94. The van der Waals surface area contributed by atoms with Crippen LogP contribution in [0, 0.1) is 5.92 Å². The molecule has 1 aliphatic heterocycles. The third-order valence-corrected chi connectivity index (χ3v) is 5.61. The minimum absolute atomic E-state index is 0.314. The topological polar surface area (TPSA) is 17.1 Å². The van der Waals surface area contributed by atoms with Gasteiger partial charge in [0.1, 0.15) is 0 Å². The predicted octanol–water partition coefficient (Wildman–Crippen LogP) is 4.23. The summed E-state index contributed by atoms with van der Waals surface area (Å²) in [5, 5.41) is 1.97. The van der Waals surface area contributed by atoms with E-state index in [2.05, 4.69) is 15.9 Å². The summed E-state index contributed by atoms with van der Waals surface area (Å²) >= 11 is 6.97. The summed E-state index contributed by atoms with van der Waals surface area (Å²) in [6.07, 6.45) is 3.15. The Morgan fingerprint density at radius 1 is 1.47 bits per heavy atom. The van der Waals surface area contributed by atoms with Gasteiger partial charge in [0.15, 0.2) is 5.78 Å². The van der Waals surface area contributed by atoms with Gasteiger partial charge in [-0.2, -0.15) is 11.8 Å². The second-order valence-electron chi connectivity index (χ2n) is 3.78. The Morgan fingerprint density at radius 3 is 2.80 bits per heavy atom. The van der Waals surface area contributed by atoms with Crippen LogP contribution >= 0.6 is 39.0 Å². The molecule has 0 radical (unpaired) electrons. The van der Waals surface area contributed by atoms with E-state index < -0.39 is 0 Å². The van der Waals surface area contributed by atoms with Gasteiger partial charge < -0.3 is 0 Å². The molecule has 0 unspecified atom stereocenters. The summed E-state index contributed by atoms with van der Waals surface area (Å²) in [6, 6.07) is 1.95. The number of rotatable bonds is 3. The highest BCUT2D eigenvalue weighted by atomic mass is 79.9. The van der Waals surface area contributed by atoms with Crippen LogP contribution in [-0.4, -0.2) is 17.3 Å². The van der Waals surface area contributed by atoms with Crippen LogP contribution in [0.25, 0.3) is 0 Å². The molecule has 2 heterocycles. The lowest BCUT2D eigenvalue weighted by molar-refractivity contribution is 0.0962. The summed E-state index contributed by atoms with van der Waals surface area (Å²) in [5.41, 5.74) is 0. The molecule has 0 amide bonds. The molecule has 0 aliphatic carbocycles. The normalized spacial score (nSPS) is 17.9. The molecular weight excluding hydrogens is 292 g/mol. The van der Waals surface area contributed by atoms with Crippen LogP contribution in [0.5, 0.6) is 0 Å². The van der Waals surface area contributed by atoms with Crippen molar-refractivity contribution in [1.29, 1.82) is 0 Å². The predicted molar refractivity (Wildman–Crippen MR) is 71.0 cm³/mol. The van der Waals surface area contributed by atoms with Crippen LogP contribution in [0.15, 0.2) is 15.9 Å². The largest absolute Gasteiger partial charge is 0.293 e. The lowest BCUT2D eigenvalue weighted by atomic mass is 9.96. The molecule has 1 fully saturated rings. The minimum Gasteiger partial charge on any atom is -0.293 e. The average Bonchev–Trinajstić information content (AvgIpc) is 2.66. The highest BCUT2D eigenvalue weighted by molar-refractivity contribution is 9.10. The fraction of sp³-hybridized carbons (Fsp3) is 0.545. The van der Waals surface area contributed by atoms with Crippen LogP contribution in [0.3, 0.4) is 0 Å². The number of carbonyl (C=O) groups excluding carboxylic acids is 1. The average molecular weight is 305 g/mol. The summed E-state index contributed by atoms with van der Waals surface area (Å²) in [4.78, 5) is 12.9. The fourth-order valence-corrected chi connectivity index (χ4v) is 4.55. The molecule has 0 aromatic carbocycles. The number of halogens is 1. The Kier molecular flexibility index (Phi) is 4.29. The van der Waals surface area contributed by atoms with Gasteiger partial charge in [0.05, 0.1) is 4.88 Å². The van der Waals surface area contributed by atoms with Crippen molar-refractivity contribution in [2.75, 3.05) is 11.5 Å². The number of thioether (sulfide) groups is 1. The van der Waals surface area contributed by atoms with Gasteiger partial charge in [0.2, 0.25) is 0 Å². The summed E-state index contributed by atoms with van der Waals surface area (Å²) in [6.45, 7) is 0. The smallest absolute Gasteiger partial charge is 0.174 e. The number of carbonyl (C=O) groups is 1. The summed E-state index contributed by atoms with van der Waals surface area (Å²) in [5.74, 6) is 3.38. The molecule has 0 saturated carbocycles. The number of thiophene rings is 1. The molecule has 82 valence electrons. The first-order chi connectivity index (χ1) is 7.27. The maximum atomic E-state index is 12.0. The third-order valence-electron chi connectivity index (χ3n) is 2.69. The SMILES string of the molecule is O=C(CC1CCSCC1)c1sccc1Br. The molecule has 4 heteroatoms. The standard InChI is InChI=1S/C11H13BrOS2/c12-9-3-6-15-11(9)10(13)7-8-1-4-14-5-2-8/h3,6,8H,1-2,4-5,7H2. The van der Waals surface area contributed by atoms with Crippen molar-refractivity contribution < 1.29 is 4.79 Å². The van der Waals surface area contributed by atoms with Crippen molar-refractivity contribution in [3.8, 4) is 0 Å². The molecule has 0 bridgehead atoms. The van der Waals surface area contributed by atoms with Crippen LogP contribution in [-0.2, 0) is 0 Å². The van der Waals surface area contributed by atoms with Gasteiger partial charge in [-0.25, -0.2) is 0 Å². The molecule has 1 aromatic heterocycles. The van der Waals surface area contributed by atoms with E-state index in [4.69, 9.17) is 0 Å². The van der Waals surface area contributed by atoms with Crippen molar-refractivity contribution in [3.05, 3.63) is 20.8 Å². The number of Topliss-reactive ketones (excluding diaryl/α,β-unsaturated/α-hetero) is 1. The Bertz CT molecular complexity index is 342. The summed E-state index contributed by atoms with van der Waals surface area (Å²) < 4.78 is 0.961. The second kappa shape index (κ2) is 5.51. The van der Waals surface area contributed by atoms with Crippen molar-refractivity contribution in [2.45, 2.75) is 19.3 Å². The molecular formula is C11H13BrOS2. The molecule has 1 nitrogen and oxygen atoms in total. The maximum absolute atomic E-state index is 12.0. The van der Waals surface area contributed by atoms with E-state index >= 15 is 0 Å². The van der Waals surface area contributed by atoms with Gasteiger partial charge >= 0.3 is 0 Å². The van der Waals surface area contributed by atoms with E-state index in [1.165, 1.54) is 24.3 Å². The van der Waals surface area contributed by atoms with Crippen molar-refractivity contribution in [3.63, 3.8) is 0 Å². The van der Waals surface area contributed by atoms with Gasteiger partial charge in [-0.1, -0.05) is 0 Å². The van der Waals surface area contributed by atoms with Gasteiger partial charge in [-0.15, -0.1) is 11.3 Å². The number of ketones is 1. The van der Waals surface area contributed by atoms with Crippen molar-refractivity contribution in [1.82, 2.24) is 0 Å². The van der Waals surface area contributed by atoms with E-state index in [-0.39, 0.29) is 0 Å². The maximum Gasteiger partial charge on any atom is 0.174 e. The molecule has 0 atom stereocenters. The number of hydrogen-bond donors (Lipinski definition) is 0. The summed E-state index contributed by atoms with van der Waals surface area (Å²) in [7, 11) is 0. The van der Waals surface area contributed by atoms with Gasteiger partial charge in [-0.3, -0.25) is 4.79 Å². The van der Waals surface area contributed by atoms with Gasteiger partial charge in [0.25, 0.3) is 0 Å². The van der Waals surface area contributed by atoms with E-state index in [9.17, 15) is 4.79 Å². The highest BCUT2D eigenvalue weighted by Crippen LogP contribution is 2.30. The Balaban J connectivity index is 1.94. The molecule has 1 aromatic rings. The highest BCUT2D eigenvalue weighted by Gasteiger charge is 2.20. The quantitative estimate of drug-likeness (QED) is 0.778. The van der Waals surface area contributed by atoms with Crippen LogP contribution in [0.1, 0.15) is 28.9 Å². The lowest BCUT2D eigenvalue weighted by Crippen LogP contribution is -2.14. The van der Waals surface area contributed by atoms with E-state index in [0.717, 1.165) is 15.8 Å². The first kappa shape index (κ1) is 11.7. The fourth-order valence-electron chi connectivity index (χ4n) is 1.80. The van der Waals surface area contributed by atoms with Crippen LogP contribution in [0.4, 0.5) is 0 Å². The number of hydrogen-bond acceptors (Lipinski definition) is 3. The zero-order chi connectivity index (χ0) is 10.7. The van der Waals surface area contributed by atoms with Crippen LogP contribution in [0.2, 0.25) is 0 Å². The molecule has 1 saturated heterocycles. The Morgan fingerprint density at radius 2 is 2.20 bits per heavy atom. The Labute approximate surface area is 107 Å². The van der Waals surface area contributed by atoms with Gasteiger partial charge in [0, 0.05) is 10.9 Å². The molecule has 0 spiro atoms. The van der Waals surface area contributed by atoms with E-state index in [1.807, 2.05) is 23.2 Å². The molecule has 1 aliphatic rings. The minimum atomic E-state index is 0.314. The van der Waals surface area contributed by atoms with Crippen molar-refractivity contribution >= 4 is 44.8 Å². The lowest BCUT2D eigenvalue weighted by Gasteiger charge is -2.20. The van der Waals surface area contributed by atoms with Crippen molar-refractivity contribution in [2.24, 2.45) is 5.92 Å². The van der Waals surface area contributed by atoms with E-state index in [1.54, 1.807) is 11.3 Å². The second-order valence-corrected chi connectivity index (χ2v) is 6.78. The zero-order valence-corrected chi connectivity index (χ0v) is 11.6. The molecule has 0 N–H and O–H groups in total.